The molecule has 0 bridgehead atoms. The third-order valence-corrected chi connectivity index (χ3v) is 3.10. The van der Waals surface area contributed by atoms with Gasteiger partial charge in [-0.15, -0.1) is 0 Å². The van der Waals surface area contributed by atoms with Crippen LogP contribution >= 0.6 is 0 Å². The van der Waals surface area contributed by atoms with E-state index in [2.05, 4.69) is 18.7 Å². The number of hydrogen-bond donors (Lipinski definition) is 0. The average Bonchev–Trinajstić information content (AvgIpc) is 2.15. The Hall–Kier alpha value is -0.0800. The highest BCUT2D eigenvalue weighted by molar-refractivity contribution is 4.74. The van der Waals surface area contributed by atoms with E-state index in [1.165, 1.54) is 25.9 Å². The van der Waals surface area contributed by atoms with Gasteiger partial charge in [0.25, 0.3) is 0 Å². The summed E-state index contributed by atoms with van der Waals surface area (Å²) in [5.74, 6) is 1.66. The van der Waals surface area contributed by atoms with Crippen molar-refractivity contribution in [3.8, 4) is 0 Å². The first kappa shape index (κ1) is 11.0. The van der Waals surface area contributed by atoms with Crippen molar-refractivity contribution >= 4 is 0 Å². The van der Waals surface area contributed by atoms with Crippen LogP contribution in [0, 0.1) is 11.8 Å². The van der Waals surface area contributed by atoms with Crippen molar-refractivity contribution in [1.29, 1.82) is 0 Å². The Balaban J connectivity index is 2.25. The molecule has 1 atom stereocenters. The lowest BCUT2D eigenvalue weighted by Gasteiger charge is -2.34. The topological polar surface area (TPSA) is 23.1 Å². The molecule has 0 N–H and O–H groups in total. The third kappa shape index (κ3) is 3.65. The van der Waals surface area contributed by atoms with Crippen LogP contribution in [0.1, 0.15) is 33.1 Å². The van der Waals surface area contributed by atoms with Gasteiger partial charge in [0.15, 0.2) is 0 Å². The smallest absolute Gasteiger partial charge is 0.0834 e. The molecule has 1 fully saturated rings. The molecule has 1 unspecified atom stereocenters. The zero-order valence-corrected chi connectivity index (χ0v) is 8.96. The molecule has 1 saturated heterocycles. The fourth-order valence-corrected chi connectivity index (χ4v) is 2.13. The van der Waals surface area contributed by atoms with Crippen LogP contribution < -0.4 is 0 Å². The largest absolute Gasteiger partial charge is 0.303 e. The van der Waals surface area contributed by atoms with Gasteiger partial charge in [-0.1, -0.05) is 13.8 Å². The number of piperidine rings is 1. The summed E-state index contributed by atoms with van der Waals surface area (Å²) in [6.45, 7) is 8.15. The van der Waals surface area contributed by atoms with Gasteiger partial charge in [0, 0.05) is 13.1 Å². The lowest BCUT2D eigenvalue weighted by molar-refractivity contribution is 0.121. The molecule has 0 spiro atoms. The predicted molar refractivity (Wildman–Crippen MR) is 54.2 cm³/mol. The number of hydrogen-bond acceptors (Lipinski definition) is 1. The van der Waals surface area contributed by atoms with E-state index in [1.54, 1.807) is 0 Å². The Morgan fingerprint density at radius 3 is 2.85 bits per heavy atom. The Morgan fingerprint density at radius 1 is 1.46 bits per heavy atom. The molecule has 1 aliphatic rings. The molecule has 2 heteroatoms. The summed E-state index contributed by atoms with van der Waals surface area (Å²) in [5, 5.41) is 10.4. The first-order valence-electron chi connectivity index (χ1n) is 5.54. The summed E-state index contributed by atoms with van der Waals surface area (Å²) in [6, 6.07) is 0. The highest BCUT2D eigenvalue weighted by Crippen LogP contribution is 2.23. The van der Waals surface area contributed by atoms with E-state index in [4.69, 9.17) is 0 Å². The SMILES string of the molecule is CC(C)C1CCCN(CCC[O])C1. The number of nitrogens with zero attached hydrogens (tertiary/aromatic N) is 1. The second kappa shape index (κ2) is 5.61. The van der Waals surface area contributed by atoms with E-state index in [1.807, 2.05) is 0 Å². The molecule has 0 aromatic carbocycles. The first-order valence-corrected chi connectivity index (χ1v) is 5.54. The maximum atomic E-state index is 10.4. The monoisotopic (exact) mass is 184 g/mol. The second-order valence-corrected chi connectivity index (χ2v) is 4.50. The van der Waals surface area contributed by atoms with Crippen LogP contribution in [0.5, 0.6) is 0 Å². The number of likely N-dealkylation sites (tertiary alicyclic amines) is 1. The van der Waals surface area contributed by atoms with Crippen molar-refractivity contribution in [3.63, 3.8) is 0 Å². The molecule has 1 radical (unpaired) electrons. The molecule has 77 valence electrons. The van der Waals surface area contributed by atoms with Crippen LogP contribution in [-0.4, -0.2) is 31.1 Å². The van der Waals surface area contributed by atoms with Gasteiger partial charge < -0.3 is 4.90 Å². The summed E-state index contributed by atoms with van der Waals surface area (Å²) < 4.78 is 0. The van der Waals surface area contributed by atoms with Gasteiger partial charge in [0.05, 0.1) is 6.61 Å². The summed E-state index contributed by atoms with van der Waals surface area (Å²) in [7, 11) is 0. The Bertz CT molecular complexity index is 136. The molecule has 1 rings (SSSR count). The van der Waals surface area contributed by atoms with Crippen molar-refractivity contribution in [2.24, 2.45) is 11.8 Å². The summed E-state index contributed by atoms with van der Waals surface area (Å²) >= 11 is 0. The van der Waals surface area contributed by atoms with Gasteiger partial charge in [0.2, 0.25) is 0 Å². The first-order chi connectivity index (χ1) is 6.24. The second-order valence-electron chi connectivity index (χ2n) is 4.50. The van der Waals surface area contributed by atoms with Crippen molar-refractivity contribution in [2.45, 2.75) is 33.1 Å². The molecule has 0 aromatic heterocycles. The Kier molecular flexibility index (Phi) is 4.74. The van der Waals surface area contributed by atoms with Crippen molar-refractivity contribution in [1.82, 2.24) is 4.90 Å². The Labute approximate surface area is 81.9 Å². The van der Waals surface area contributed by atoms with Crippen LogP contribution in [0.3, 0.4) is 0 Å². The zero-order chi connectivity index (χ0) is 9.68. The van der Waals surface area contributed by atoms with E-state index in [-0.39, 0.29) is 6.61 Å². The highest BCUT2D eigenvalue weighted by Gasteiger charge is 2.21. The van der Waals surface area contributed by atoms with Crippen LogP contribution in [-0.2, 0) is 5.11 Å². The third-order valence-electron chi connectivity index (χ3n) is 3.10. The van der Waals surface area contributed by atoms with Gasteiger partial charge >= 0.3 is 0 Å². The van der Waals surface area contributed by atoms with Gasteiger partial charge in [-0.3, -0.25) is 0 Å². The van der Waals surface area contributed by atoms with E-state index >= 15 is 0 Å². The van der Waals surface area contributed by atoms with Crippen molar-refractivity contribution < 1.29 is 5.11 Å². The molecular weight excluding hydrogens is 162 g/mol. The lowest BCUT2D eigenvalue weighted by atomic mass is 9.88. The van der Waals surface area contributed by atoms with E-state index in [9.17, 15) is 5.11 Å². The molecule has 0 saturated carbocycles. The summed E-state index contributed by atoms with van der Waals surface area (Å²) in [5.41, 5.74) is 0. The minimum absolute atomic E-state index is 0.0862. The molecule has 1 heterocycles. The standard InChI is InChI=1S/C11H22NO/c1-10(2)11-5-3-6-12(9-11)7-4-8-13/h10-11H,3-9H2,1-2H3. The predicted octanol–water partition coefficient (Wildman–Crippen LogP) is 2.17. The molecule has 1 aliphatic heterocycles. The molecule has 13 heavy (non-hydrogen) atoms. The minimum atomic E-state index is 0.0862. The maximum absolute atomic E-state index is 10.4. The zero-order valence-electron chi connectivity index (χ0n) is 8.96. The molecule has 0 aromatic rings. The molecular formula is C11H22NO. The molecule has 2 nitrogen and oxygen atoms in total. The highest BCUT2D eigenvalue weighted by atomic mass is 16.3. The van der Waals surface area contributed by atoms with E-state index in [0.29, 0.717) is 0 Å². The van der Waals surface area contributed by atoms with Crippen LogP contribution in [0.4, 0.5) is 0 Å². The van der Waals surface area contributed by atoms with Crippen LogP contribution in [0.2, 0.25) is 0 Å². The van der Waals surface area contributed by atoms with Gasteiger partial charge in [0.1, 0.15) is 0 Å². The normalized spacial score (nSPS) is 25.4. The molecule has 0 amide bonds. The van der Waals surface area contributed by atoms with Gasteiger partial charge in [-0.2, -0.15) is 0 Å². The van der Waals surface area contributed by atoms with Gasteiger partial charge in [-0.25, -0.2) is 5.11 Å². The fourth-order valence-electron chi connectivity index (χ4n) is 2.13. The molecule has 0 aliphatic carbocycles. The fraction of sp³-hybridized carbons (Fsp3) is 1.00. The van der Waals surface area contributed by atoms with Crippen LogP contribution in [0.25, 0.3) is 0 Å². The number of rotatable bonds is 4. The van der Waals surface area contributed by atoms with Crippen molar-refractivity contribution in [3.05, 3.63) is 0 Å². The summed E-state index contributed by atoms with van der Waals surface area (Å²) in [4.78, 5) is 2.46. The maximum Gasteiger partial charge on any atom is 0.0834 e. The van der Waals surface area contributed by atoms with E-state index < -0.39 is 0 Å². The Morgan fingerprint density at radius 2 is 2.23 bits per heavy atom. The minimum Gasteiger partial charge on any atom is -0.303 e. The quantitative estimate of drug-likeness (QED) is 0.656. The van der Waals surface area contributed by atoms with Gasteiger partial charge in [-0.05, 0) is 37.6 Å². The van der Waals surface area contributed by atoms with Crippen molar-refractivity contribution in [2.75, 3.05) is 26.2 Å². The van der Waals surface area contributed by atoms with Crippen LogP contribution in [0.15, 0.2) is 0 Å². The lowest BCUT2D eigenvalue weighted by Crippen LogP contribution is -2.38. The summed E-state index contributed by atoms with van der Waals surface area (Å²) in [6.07, 6.45) is 3.53. The van der Waals surface area contributed by atoms with E-state index in [0.717, 1.165) is 24.8 Å². The average molecular weight is 184 g/mol.